The molecule has 0 heterocycles. The maximum Gasteiger partial charge on any atom is 0.416 e. The van der Waals surface area contributed by atoms with Crippen molar-refractivity contribution in [2.45, 2.75) is 12.6 Å². The Bertz CT molecular complexity index is 841. The Morgan fingerprint density at radius 3 is 2.38 bits per heavy atom. The Labute approximate surface area is 166 Å². The summed E-state index contributed by atoms with van der Waals surface area (Å²) in [7, 11) is 1.60. The zero-order valence-electron chi connectivity index (χ0n) is 15.8. The lowest BCUT2D eigenvalue weighted by Gasteiger charge is -2.11. The molecule has 0 saturated carbocycles. The molecule has 2 amide bonds. The maximum atomic E-state index is 12.8. The van der Waals surface area contributed by atoms with Crippen LogP contribution >= 0.6 is 0 Å². The second-order valence-corrected chi connectivity index (χ2v) is 6.18. The van der Waals surface area contributed by atoms with Crippen LogP contribution in [0.4, 0.5) is 24.5 Å². The zero-order valence-corrected chi connectivity index (χ0v) is 15.8. The fourth-order valence-corrected chi connectivity index (χ4v) is 2.46. The number of benzene rings is 2. The molecule has 0 bridgehead atoms. The molecule has 0 aromatic heterocycles. The number of nitrogens with one attached hydrogen (secondary N) is 3. The van der Waals surface area contributed by atoms with Gasteiger partial charge in [-0.2, -0.15) is 13.2 Å². The van der Waals surface area contributed by atoms with Gasteiger partial charge >= 0.3 is 6.18 Å². The molecule has 2 aromatic rings. The van der Waals surface area contributed by atoms with Crippen LogP contribution in [0.25, 0.3) is 0 Å². The molecule has 29 heavy (non-hydrogen) atoms. The van der Waals surface area contributed by atoms with Crippen LogP contribution in [0.5, 0.6) is 0 Å². The molecule has 3 N–H and O–H groups in total. The van der Waals surface area contributed by atoms with Gasteiger partial charge in [0.05, 0.1) is 12.1 Å². The van der Waals surface area contributed by atoms with E-state index >= 15 is 0 Å². The number of anilines is 2. The fraction of sp³-hybridized carbons (Fsp3) is 0.300. The molecular formula is C20H22F3N3O3. The normalized spacial score (nSPS) is 11.2. The highest BCUT2D eigenvalue weighted by atomic mass is 19.4. The molecule has 0 aliphatic heterocycles. The van der Waals surface area contributed by atoms with E-state index < -0.39 is 17.6 Å². The number of halogens is 3. The van der Waals surface area contributed by atoms with Gasteiger partial charge in [-0.3, -0.25) is 9.59 Å². The molecule has 2 aromatic carbocycles. The van der Waals surface area contributed by atoms with E-state index in [2.05, 4.69) is 16.0 Å². The van der Waals surface area contributed by atoms with Gasteiger partial charge in [0.25, 0.3) is 5.91 Å². The summed E-state index contributed by atoms with van der Waals surface area (Å²) < 4.78 is 43.3. The number of hydrogen-bond donors (Lipinski definition) is 3. The third-order valence-corrected chi connectivity index (χ3v) is 3.84. The van der Waals surface area contributed by atoms with Crippen molar-refractivity contribution in [3.8, 4) is 0 Å². The average molecular weight is 409 g/mol. The van der Waals surface area contributed by atoms with Crippen LogP contribution in [0.2, 0.25) is 0 Å². The third-order valence-electron chi connectivity index (χ3n) is 3.84. The Morgan fingerprint density at radius 2 is 1.69 bits per heavy atom. The summed E-state index contributed by atoms with van der Waals surface area (Å²) in [5, 5.41) is 8.05. The van der Waals surface area contributed by atoms with Gasteiger partial charge in [-0.1, -0.05) is 12.1 Å². The first-order chi connectivity index (χ1) is 13.8. The molecule has 0 aliphatic rings. The minimum absolute atomic E-state index is 0.0273. The summed E-state index contributed by atoms with van der Waals surface area (Å²) in [4.78, 5) is 24.3. The highest BCUT2D eigenvalue weighted by Gasteiger charge is 2.30. The second-order valence-electron chi connectivity index (χ2n) is 6.18. The van der Waals surface area contributed by atoms with Crippen molar-refractivity contribution >= 4 is 23.2 Å². The summed E-state index contributed by atoms with van der Waals surface area (Å²) in [6, 6.07) is 10.5. The van der Waals surface area contributed by atoms with E-state index in [1.807, 2.05) is 0 Å². The van der Waals surface area contributed by atoms with Crippen LogP contribution < -0.4 is 16.0 Å². The van der Waals surface area contributed by atoms with Crippen LogP contribution in [-0.4, -0.2) is 38.6 Å². The van der Waals surface area contributed by atoms with E-state index in [0.29, 0.717) is 18.8 Å². The number of carbonyl (C=O) groups excluding carboxylic acids is 2. The summed E-state index contributed by atoms with van der Waals surface area (Å²) in [5.41, 5.74) is -0.215. The minimum Gasteiger partial charge on any atom is -0.385 e. The quantitative estimate of drug-likeness (QED) is 0.554. The van der Waals surface area contributed by atoms with Crippen molar-refractivity contribution in [1.82, 2.24) is 5.32 Å². The molecule has 9 heteroatoms. The third kappa shape index (κ3) is 7.55. The number of ether oxygens (including phenoxy) is 1. The molecule has 0 radical (unpaired) electrons. The SMILES string of the molecule is COCCCNCC(=O)Nc1cccc(C(=O)Nc2cccc(C(F)(F)F)c2)c1. The number of methoxy groups -OCH3 is 1. The lowest BCUT2D eigenvalue weighted by molar-refractivity contribution is -0.137. The van der Waals surface area contributed by atoms with E-state index in [9.17, 15) is 22.8 Å². The van der Waals surface area contributed by atoms with E-state index in [0.717, 1.165) is 18.6 Å². The van der Waals surface area contributed by atoms with Gasteiger partial charge in [0.2, 0.25) is 5.91 Å². The molecule has 0 spiro atoms. The van der Waals surface area contributed by atoms with Gasteiger partial charge < -0.3 is 20.7 Å². The second kappa shape index (κ2) is 10.6. The first kappa shape index (κ1) is 22.4. The maximum absolute atomic E-state index is 12.8. The van der Waals surface area contributed by atoms with Crippen molar-refractivity contribution < 1.29 is 27.5 Å². The predicted molar refractivity (Wildman–Crippen MR) is 104 cm³/mol. The summed E-state index contributed by atoms with van der Waals surface area (Å²) in [6.45, 7) is 1.32. The van der Waals surface area contributed by atoms with Crippen LogP contribution in [-0.2, 0) is 15.7 Å². The summed E-state index contributed by atoms with van der Waals surface area (Å²) in [6.07, 6.45) is -3.72. The standard InChI is InChI=1S/C20H22F3N3O3/c1-29-10-4-9-24-13-18(27)25-16-7-2-5-14(11-16)19(28)26-17-8-3-6-15(12-17)20(21,22)23/h2-3,5-8,11-12,24H,4,9-10,13H2,1H3,(H,25,27)(H,26,28). The van der Waals surface area contributed by atoms with Crippen molar-refractivity contribution in [1.29, 1.82) is 0 Å². The molecule has 0 aliphatic carbocycles. The van der Waals surface area contributed by atoms with Crippen molar-refractivity contribution in [3.05, 3.63) is 59.7 Å². The predicted octanol–water partition coefficient (Wildman–Crippen LogP) is 3.52. The van der Waals surface area contributed by atoms with E-state index in [1.165, 1.54) is 24.3 Å². The largest absolute Gasteiger partial charge is 0.416 e. The lowest BCUT2D eigenvalue weighted by Crippen LogP contribution is -2.29. The lowest BCUT2D eigenvalue weighted by atomic mass is 10.1. The van der Waals surface area contributed by atoms with Gasteiger partial charge in [0.15, 0.2) is 0 Å². The molecule has 156 valence electrons. The minimum atomic E-state index is -4.50. The zero-order chi connectivity index (χ0) is 21.3. The number of amides is 2. The summed E-state index contributed by atoms with van der Waals surface area (Å²) in [5.74, 6) is -0.865. The van der Waals surface area contributed by atoms with Crippen LogP contribution in [0.1, 0.15) is 22.3 Å². The molecule has 0 unspecified atom stereocenters. The average Bonchev–Trinajstić information content (AvgIpc) is 2.67. The van der Waals surface area contributed by atoms with Gasteiger partial charge in [-0.15, -0.1) is 0 Å². The number of hydrogen-bond acceptors (Lipinski definition) is 4. The van der Waals surface area contributed by atoms with E-state index in [4.69, 9.17) is 4.74 Å². The Morgan fingerprint density at radius 1 is 1.00 bits per heavy atom. The molecule has 2 rings (SSSR count). The topological polar surface area (TPSA) is 79.5 Å². The van der Waals surface area contributed by atoms with Gasteiger partial charge in [0.1, 0.15) is 0 Å². The van der Waals surface area contributed by atoms with Gasteiger partial charge in [-0.05, 0) is 49.4 Å². The molecule has 6 nitrogen and oxygen atoms in total. The molecule has 0 saturated heterocycles. The van der Waals surface area contributed by atoms with Crippen LogP contribution in [0, 0.1) is 0 Å². The number of alkyl halides is 3. The highest BCUT2D eigenvalue weighted by Crippen LogP contribution is 2.30. The molecular weight excluding hydrogens is 387 g/mol. The molecule has 0 atom stereocenters. The van der Waals surface area contributed by atoms with Crippen molar-refractivity contribution in [3.63, 3.8) is 0 Å². The van der Waals surface area contributed by atoms with Crippen molar-refractivity contribution in [2.75, 3.05) is 37.4 Å². The molecule has 0 fully saturated rings. The van der Waals surface area contributed by atoms with Gasteiger partial charge in [0, 0.05) is 30.7 Å². The smallest absolute Gasteiger partial charge is 0.385 e. The van der Waals surface area contributed by atoms with E-state index in [-0.39, 0.29) is 23.7 Å². The summed E-state index contributed by atoms with van der Waals surface area (Å²) >= 11 is 0. The first-order valence-corrected chi connectivity index (χ1v) is 8.88. The monoisotopic (exact) mass is 409 g/mol. The van der Waals surface area contributed by atoms with Crippen LogP contribution in [0.15, 0.2) is 48.5 Å². The first-order valence-electron chi connectivity index (χ1n) is 8.88. The Kier molecular flexibility index (Phi) is 8.17. The Balaban J connectivity index is 1.95. The van der Waals surface area contributed by atoms with Crippen LogP contribution in [0.3, 0.4) is 0 Å². The highest BCUT2D eigenvalue weighted by molar-refractivity contribution is 6.05. The number of carbonyl (C=O) groups is 2. The van der Waals surface area contributed by atoms with E-state index in [1.54, 1.807) is 19.2 Å². The van der Waals surface area contributed by atoms with Gasteiger partial charge in [-0.25, -0.2) is 0 Å². The fourth-order valence-electron chi connectivity index (χ4n) is 2.46. The van der Waals surface area contributed by atoms with Crippen molar-refractivity contribution in [2.24, 2.45) is 0 Å². The number of rotatable bonds is 9. The Hall–Kier alpha value is -2.91.